The van der Waals surface area contributed by atoms with Gasteiger partial charge in [0.2, 0.25) is 5.91 Å². The minimum atomic E-state index is -0.208. The molecule has 1 atom stereocenters. The Morgan fingerprint density at radius 2 is 1.83 bits per heavy atom. The fourth-order valence-electron chi connectivity index (χ4n) is 3.17. The molecule has 0 fully saturated rings. The standard InChI is InChI=1S/C18H26N2O3/c1-3-4-5-6-7-8-20-15-12-17-16(22-9-10-23-17)11-14(15)19-13(2)18(20)21/h11-13,19H,3-10H2,1-2H3. The number of fused-ring (bicyclic) bond motifs is 2. The van der Waals surface area contributed by atoms with Crippen molar-refractivity contribution in [3.05, 3.63) is 12.1 Å². The van der Waals surface area contributed by atoms with E-state index in [1.807, 2.05) is 24.0 Å². The monoisotopic (exact) mass is 318 g/mol. The first-order valence-electron chi connectivity index (χ1n) is 8.72. The summed E-state index contributed by atoms with van der Waals surface area (Å²) in [4.78, 5) is 14.5. The first-order chi connectivity index (χ1) is 11.2. The maximum atomic E-state index is 12.6. The summed E-state index contributed by atoms with van der Waals surface area (Å²) in [5.41, 5.74) is 1.86. The molecule has 1 aromatic rings. The highest BCUT2D eigenvalue weighted by atomic mass is 16.6. The summed E-state index contributed by atoms with van der Waals surface area (Å²) in [6.45, 7) is 6.01. The molecule has 2 aliphatic heterocycles. The van der Waals surface area contributed by atoms with E-state index in [1.54, 1.807) is 0 Å². The highest BCUT2D eigenvalue weighted by Gasteiger charge is 2.31. The van der Waals surface area contributed by atoms with Crippen LogP contribution in [0.3, 0.4) is 0 Å². The van der Waals surface area contributed by atoms with Crippen molar-refractivity contribution in [3.8, 4) is 11.5 Å². The first-order valence-corrected chi connectivity index (χ1v) is 8.72. The van der Waals surface area contributed by atoms with E-state index >= 15 is 0 Å². The number of carbonyl (C=O) groups excluding carboxylic acids is 1. The summed E-state index contributed by atoms with van der Waals surface area (Å²) in [5, 5.41) is 3.27. The predicted octanol–water partition coefficient (Wildman–Crippen LogP) is 3.58. The van der Waals surface area contributed by atoms with Gasteiger partial charge < -0.3 is 19.7 Å². The summed E-state index contributed by atoms with van der Waals surface area (Å²) in [5.74, 6) is 1.62. The van der Waals surface area contributed by atoms with Gasteiger partial charge in [-0.25, -0.2) is 0 Å². The van der Waals surface area contributed by atoms with Crippen LogP contribution >= 0.6 is 0 Å². The van der Waals surface area contributed by atoms with Gasteiger partial charge in [0.1, 0.15) is 19.3 Å². The molecule has 3 rings (SSSR count). The van der Waals surface area contributed by atoms with E-state index in [0.29, 0.717) is 13.2 Å². The van der Waals surface area contributed by atoms with E-state index in [0.717, 1.165) is 35.8 Å². The Hall–Kier alpha value is -1.91. The van der Waals surface area contributed by atoms with Crippen molar-refractivity contribution < 1.29 is 14.3 Å². The van der Waals surface area contributed by atoms with E-state index in [-0.39, 0.29) is 11.9 Å². The Balaban J connectivity index is 1.78. The van der Waals surface area contributed by atoms with Crippen LogP contribution in [-0.2, 0) is 4.79 Å². The van der Waals surface area contributed by atoms with Crippen LogP contribution in [0.1, 0.15) is 46.0 Å². The summed E-state index contributed by atoms with van der Waals surface area (Å²) in [6.07, 6.45) is 5.93. The number of nitrogens with zero attached hydrogens (tertiary/aromatic N) is 1. The Bertz CT molecular complexity index is 574. The number of nitrogens with one attached hydrogen (secondary N) is 1. The highest BCUT2D eigenvalue weighted by Crippen LogP contribution is 2.42. The Morgan fingerprint density at radius 1 is 1.13 bits per heavy atom. The lowest BCUT2D eigenvalue weighted by Crippen LogP contribution is -2.46. The molecule has 23 heavy (non-hydrogen) atoms. The summed E-state index contributed by atoms with van der Waals surface area (Å²) < 4.78 is 11.3. The number of rotatable bonds is 6. The first kappa shape index (κ1) is 16.0. The van der Waals surface area contributed by atoms with Gasteiger partial charge in [-0.2, -0.15) is 0 Å². The number of unbranched alkanes of at least 4 members (excludes halogenated alkanes) is 4. The van der Waals surface area contributed by atoms with Crippen molar-refractivity contribution in [2.24, 2.45) is 0 Å². The summed E-state index contributed by atoms with van der Waals surface area (Å²) in [6, 6.07) is 3.68. The van der Waals surface area contributed by atoms with Crippen molar-refractivity contribution in [1.82, 2.24) is 0 Å². The maximum Gasteiger partial charge on any atom is 0.249 e. The van der Waals surface area contributed by atoms with E-state index in [9.17, 15) is 4.79 Å². The molecule has 1 unspecified atom stereocenters. The molecule has 0 saturated carbocycles. The molecule has 2 aliphatic rings. The molecule has 2 heterocycles. The number of benzene rings is 1. The second-order valence-electron chi connectivity index (χ2n) is 6.28. The zero-order valence-electron chi connectivity index (χ0n) is 14.1. The van der Waals surface area contributed by atoms with Gasteiger partial charge in [0.15, 0.2) is 11.5 Å². The quantitative estimate of drug-likeness (QED) is 0.815. The number of anilines is 2. The van der Waals surface area contributed by atoms with Gasteiger partial charge in [-0.1, -0.05) is 32.6 Å². The lowest BCUT2D eigenvalue weighted by atomic mass is 10.1. The number of hydrogen-bond donors (Lipinski definition) is 1. The van der Waals surface area contributed by atoms with Gasteiger partial charge in [-0.15, -0.1) is 0 Å². The SMILES string of the molecule is CCCCCCCN1C(=O)C(C)Nc2cc3c(cc21)OCCO3. The number of carbonyl (C=O) groups is 1. The fourth-order valence-corrected chi connectivity index (χ4v) is 3.17. The smallest absolute Gasteiger partial charge is 0.249 e. The Morgan fingerprint density at radius 3 is 2.57 bits per heavy atom. The highest BCUT2D eigenvalue weighted by molar-refractivity contribution is 6.05. The van der Waals surface area contributed by atoms with Crippen molar-refractivity contribution in [3.63, 3.8) is 0 Å². The molecule has 1 aromatic carbocycles. The largest absolute Gasteiger partial charge is 0.486 e. The van der Waals surface area contributed by atoms with Gasteiger partial charge in [-0.3, -0.25) is 4.79 Å². The second-order valence-corrected chi connectivity index (χ2v) is 6.28. The van der Waals surface area contributed by atoms with Gasteiger partial charge in [0.05, 0.1) is 11.4 Å². The molecule has 0 radical (unpaired) electrons. The van der Waals surface area contributed by atoms with Crippen LogP contribution in [0.25, 0.3) is 0 Å². The van der Waals surface area contributed by atoms with Crippen molar-refractivity contribution in [2.75, 3.05) is 30.0 Å². The van der Waals surface area contributed by atoms with Crippen molar-refractivity contribution in [2.45, 2.75) is 52.0 Å². The fraction of sp³-hybridized carbons (Fsp3) is 0.611. The molecule has 0 bridgehead atoms. The Kier molecular flexibility index (Phi) is 4.94. The third-order valence-electron chi connectivity index (χ3n) is 4.45. The number of amides is 1. The number of hydrogen-bond acceptors (Lipinski definition) is 4. The van der Waals surface area contributed by atoms with Gasteiger partial charge in [0, 0.05) is 18.7 Å². The molecule has 1 amide bonds. The molecular weight excluding hydrogens is 292 g/mol. The van der Waals surface area contributed by atoms with Gasteiger partial charge >= 0.3 is 0 Å². The van der Waals surface area contributed by atoms with E-state index in [4.69, 9.17) is 9.47 Å². The van der Waals surface area contributed by atoms with E-state index < -0.39 is 0 Å². The van der Waals surface area contributed by atoms with E-state index in [1.165, 1.54) is 25.7 Å². The third-order valence-corrected chi connectivity index (χ3v) is 4.45. The van der Waals surface area contributed by atoms with Crippen molar-refractivity contribution >= 4 is 17.3 Å². The van der Waals surface area contributed by atoms with Crippen LogP contribution in [0.2, 0.25) is 0 Å². The third kappa shape index (κ3) is 3.38. The van der Waals surface area contributed by atoms with Crippen LogP contribution in [0.4, 0.5) is 11.4 Å². The predicted molar refractivity (Wildman–Crippen MR) is 91.6 cm³/mol. The average Bonchev–Trinajstić information content (AvgIpc) is 2.56. The van der Waals surface area contributed by atoms with Crippen LogP contribution < -0.4 is 19.7 Å². The zero-order valence-corrected chi connectivity index (χ0v) is 14.1. The lowest BCUT2D eigenvalue weighted by Gasteiger charge is -2.35. The summed E-state index contributed by atoms with van der Waals surface area (Å²) >= 11 is 0. The topological polar surface area (TPSA) is 50.8 Å². The average molecular weight is 318 g/mol. The van der Waals surface area contributed by atoms with Crippen LogP contribution in [-0.4, -0.2) is 31.7 Å². The second kappa shape index (κ2) is 7.11. The molecule has 0 aliphatic carbocycles. The molecule has 126 valence electrons. The lowest BCUT2D eigenvalue weighted by molar-refractivity contribution is -0.119. The normalized spacial score (nSPS) is 19.3. The van der Waals surface area contributed by atoms with Crippen LogP contribution in [0.15, 0.2) is 12.1 Å². The molecule has 5 nitrogen and oxygen atoms in total. The molecule has 5 heteroatoms. The van der Waals surface area contributed by atoms with Crippen molar-refractivity contribution in [1.29, 1.82) is 0 Å². The van der Waals surface area contributed by atoms with Crippen LogP contribution in [0, 0.1) is 0 Å². The Labute approximate surface area is 137 Å². The number of ether oxygens (including phenoxy) is 2. The molecule has 0 spiro atoms. The molecule has 0 aromatic heterocycles. The van der Waals surface area contributed by atoms with Gasteiger partial charge in [-0.05, 0) is 13.3 Å². The minimum Gasteiger partial charge on any atom is -0.486 e. The minimum absolute atomic E-state index is 0.129. The van der Waals surface area contributed by atoms with Gasteiger partial charge in [0.25, 0.3) is 0 Å². The molecule has 1 N–H and O–H groups in total. The van der Waals surface area contributed by atoms with Crippen LogP contribution in [0.5, 0.6) is 11.5 Å². The molecule has 0 saturated heterocycles. The summed E-state index contributed by atoms with van der Waals surface area (Å²) in [7, 11) is 0. The maximum absolute atomic E-state index is 12.6. The molecular formula is C18H26N2O3. The van der Waals surface area contributed by atoms with E-state index in [2.05, 4.69) is 12.2 Å². The zero-order chi connectivity index (χ0) is 16.2.